The lowest BCUT2D eigenvalue weighted by Gasteiger charge is -2.11. The van der Waals surface area contributed by atoms with Gasteiger partial charge >= 0.3 is 0 Å². The summed E-state index contributed by atoms with van der Waals surface area (Å²) in [4.78, 5) is 8.35. The van der Waals surface area contributed by atoms with E-state index < -0.39 is 0 Å². The molecule has 0 amide bonds. The first-order valence-corrected chi connectivity index (χ1v) is 6.72. The summed E-state index contributed by atoms with van der Waals surface area (Å²) < 4.78 is 7.71. The van der Waals surface area contributed by atoms with Gasteiger partial charge in [0.2, 0.25) is 0 Å². The van der Waals surface area contributed by atoms with Gasteiger partial charge in [0.1, 0.15) is 12.9 Å². The molecule has 0 bridgehead atoms. The SMILES string of the molecule is Cc1ncncc1-c1nnc2n1-c1ccccc1COC2. The monoisotopic (exact) mass is 279 g/mol. The standard InChI is InChI=1S/C15H13N5O/c1-10-12(6-16-9-17-10)15-19-18-14-8-21-7-11-4-2-3-5-13(11)20(14)15/h2-6,9H,7-8H2,1H3. The van der Waals surface area contributed by atoms with E-state index in [-0.39, 0.29) is 0 Å². The van der Waals surface area contributed by atoms with Crippen LogP contribution in [0, 0.1) is 6.92 Å². The van der Waals surface area contributed by atoms with E-state index in [9.17, 15) is 0 Å². The molecule has 0 atom stereocenters. The van der Waals surface area contributed by atoms with Crippen LogP contribution in [-0.4, -0.2) is 24.7 Å². The van der Waals surface area contributed by atoms with Gasteiger partial charge in [0.15, 0.2) is 11.6 Å². The lowest BCUT2D eigenvalue weighted by Crippen LogP contribution is -2.04. The molecular formula is C15H13N5O. The van der Waals surface area contributed by atoms with Crippen LogP contribution < -0.4 is 0 Å². The second kappa shape index (κ2) is 4.75. The zero-order valence-electron chi connectivity index (χ0n) is 11.5. The number of para-hydroxylation sites is 1. The van der Waals surface area contributed by atoms with Gasteiger partial charge in [0.25, 0.3) is 0 Å². The number of fused-ring (bicyclic) bond motifs is 3. The zero-order chi connectivity index (χ0) is 14.2. The van der Waals surface area contributed by atoms with Gasteiger partial charge in [-0.15, -0.1) is 10.2 Å². The summed E-state index contributed by atoms with van der Waals surface area (Å²) in [5.74, 6) is 1.54. The van der Waals surface area contributed by atoms with E-state index >= 15 is 0 Å². The van der Waals surface area contributed by atoms with Crippen LogP contribution in [0.25, 0.3) is 17.1 Å². The summed E-state index contributed by atoms with van der Waals surface area (Å²) in [6.45, 7) is 2.95. The van der Waals surface area contributed by atoms with Crippen LogP contribution >= 0.6 is 0 Å². The lowest BCUT2D eigenvalue weighted by molar-refractivity contribution is 0.105. The highest BCUT2D eigenvalue weighted by atomic mass is 16.5. The van der Waals surface area contributed by atoms with E-state index in [0.717, 1.165) is 34.2 Å². The highest BCUT2D eigenvalue weighted by molar-refractivity contribution is 5.61. The Bertz CT molecular complexity index is 811. The molecule has 6 heteroatoms. The first-order chi connectivity index (χ1) is 10.3. The fourth-order valence-corrected chi connectivity index (χ4v) is 2.55. The molecule has 6 nitrogen and oxygen atoms in total. The molecule has 104 valence electrons. The van der Waals surface area contributed by atoms with E-state index in [2.05, 4.69) is 32.3 Å². The zero-order valence-corrected chi connectivity index (χ0v) is 11.5. The largest absolute Gasteiger partial charge is 0.369 e. The minimum absolute atomic E-state index is 0.439. The number of benzene rings is 1. The fraction of sp³-hybridized carbons (Fsp3) is 0.200. The van der Waals surface area contributed by atoms with Crippen molar-refractivity contribution in [2.24, 2.45) is 0 Å². The van der Waals surface area contributed by atoms with Crippen molar-refractivity contribution in [3.63, 3.8) is 0 Å². The Labute approximate surface area is 121 Å². The second-order valence-corrected chi connectivity index (χ2v) is 4.92. The summed E-state index contributed by atoms with van der Waals surface area (Å²) in [6.07, 6.45) is 3.31. The Hall–Kier alpha value is -2.60. The van der Waals surface area contributed by atoms with Gasteiger partial charge in [-0.25, -0.2) is 9.97 Å². The molecule has 0 saturated heterocycles. The highest BCUT2D eigenvalue weighted by Gasteiger charge is 2.21. The number of aryl methyl sites for hydroxylation is 1. The highest BCUT2D eigenvalue weighted by Crippen LogP contribution is 2.28. The maximum Gasteiger partial charge on any atom is 0.172 e. The first-order valence-electron chi connectivity index (χ1n) is 6.72. The summed E-state index contributed by atoms with van der Waals surface area (Å²) in [5, 5.41) is 8.59. The average Bonchev–Trinajstić information content (AvgIpc) is 2.83. The Morgan fingerprint density at radius 3 is 2.95 bits per heavy atom. The molecule has 0 saturated carbocycles. The van der Waals surface area contributed by atoms with Crippen LogP contribution in [0.2, 0.25) is 0 Å². The number of hydrogen-bond donors (Lipinski definition) is 0. The van der Waals surface area contributed by atoms with Crippen LogP contribution in [0.3, 0.4) is 0 Å². The third kappa shape index (κ3) is 1.92. The van der Waals surface area contributed by atoms with Crippen LogP contribution in [0.1, 0.15) is 17.1 Å². The van der Waals surface area contributed by atoms with Crippen molar-refractivity contribution in [1.82, 2.24) is 24.7 Å². The fourth-order valence-electron chi connectivity index (χ4n) is 2.55. The number of rotatable bonds is 1. The number of nitrogens with zero attached hydrogens (tertiary/aromatic N) is 5. The number of aromatic nitrogens is 5. The van der Waals surface area contributed by atoms with Gasteiger partial charge in [-0.1, -0.05) is 18.2 Å². The molecule has 1 aromatic carbocycles. The van der Waals surface area contributed by atoms with E-state index in [0.29, 0.717) is 13.2 Å². The third-order valence-electron chi connectivity index (χ3n) is 3.60. The first kappa shape index (κ1) is 12.2. The molecule has 1 aliphatic heterocycles. The summed E-state index contributed by atoms with van der Waals surface area (Å²) in [6, 6.07) is 8.13. The predicted molar refractivity (Wildman–Crippen MR) is 75.6 cm³/mol. The molecule has 0 unspecified atom stereocenters. The van der Waals surface area contributed by atoms with Crippen molar-refractivity contribution in [1.29, 1.82) is 0 Å². The van der Waals surface area contributed by atoms with Crippen LogP contribution in [0.15, 0.2) is 36.8 Å². The molecule has 3 heterocycles. The minimum atomic E-state index is 0.439. The molecule has 0 N–H and O–H groups in total. The normalized spacial score (nSPS) is 13.4. The minimum Gasteiger partial charge on any atom is -0.369 e. The topological polar surface area (TPSA) is 65.7 Å². The van der Waals surface area contributed by atoms with Crippen molar-refractivity contribution >= 4 is 0 Å². The van der Waals surface area contributed by atoms with Crippen LogP contribution in [0.4, 0.5) is 0 Å². The molecule has 3 aromatic rings. The van der Waals surface area contributed by atoms with Gasteiger partial charge in [-0.05, 0) is 13.0 Å². The molecule has 21 heavy (non-hydrogen) atoms. The Balaban J connectivity index is 2.00. The molecular weight excluding hydrogens is 266 g/mol. The van der Waals surface area contributed by atoms with Crippen molar-refractivity contribution in [3.05, 3.63) is 53.9 Å². The Morgan fingerprint density at radius 1 is 1.14 bits per heavy atom. The van der Waals surface area contributed by atoms with Gasteiger partial charge in [0, 0.05) is 11.8 Å². The predicted octanol–water partition coefficient (Wildman–Crippen LogP) is 2.06. The molecule has 2 aromatic heterocycles. The van der Waals surface area contributed by atoms with Crippen molar-refractivity contribution in [2.45, 2.75) is 20.1 Å². The van der Waals surface area contributed by atoms with Crippen molar-refractivity contribution in [3.8, 4) is 17.1 Å². The van der Waals surface area contributed by atoms with Crippen LogP contribution in [0.5, 0.6) is 0 Å². The van der Waals surface area contributed by atoms with Gasteiger partial charge in [0.05, 0.1) is 23.6 Å². The maximum atomic E-state index is 5.67. The van der Waals surface area contributed by atoms with E-state index in [1.165, 1.54) is 6.33 Å². The number of ether oxygens (including phenoxy) is 1. The molecule has 0 spiro atoms. The molecule has 0 aliphatic carbocycles. The number of hydrogen-bond acceptors (Lipinski definition) is 5. The second-order valence-electron chi connectivity index (χ2n) is 4.92. The van der Waals surface area contributed by atoms with Gasteiger partial charge < -0.3 is 4.74 Å². The molecule has 4 rings (SSSR count). The smallest absolute Gasteiger partial charge is 0.172 e. The quantitative estimate of drug-likeness (QED) is 0.682. The Kier molecular flexibility index (Phi) is 2.75. The Morgan fingerprint density at radius 2 is 2.05 bits per heavy atom. The van der Waals surface area contributed by atoms with Gasteiger partial charge in [-0.2, -0.15) is 0 Å². The van der Waals surface area contributed by atoms with Gasteiger partial charge in [-0.3, -0.25) is 4.57 Å². The lowest BCUT2D eigenvalue weighted by atomic mass is 10.1. The molecule has 0 fully saturated rings. The van der Waals surface area contributed by atoms with E-state index in [4.69, 9.17) is 4.74 Å². The maximum absolute atomic E-state index is 5.67. The molecule has 1 aliphatic rings. The van der Waals surface area contributed by atoms with E-state index in [1.54, 1.807) is 6.20 Å². The average molecular weight is 279 g/mol. The third-order valence-corrected chi connectivity index (χ3v) is 3.60. The summed E-state index contributed by atoms with van der Waals surface area (Å²) in [7, 11) is 0. The summed E-state index contributed by atoms with van der Waals surface area (Å²) in [5.41, 5.74) is 3.93. The molecule has 0 radical (unpaired) electrons. The van der Waals surface area contributed by atoms with E-state index in [1.807, 2.05) is 23.6 Å². The van der Waals surface area contributed by atoms with Crippen molar-refractivity contribution < 1.29 is 4.74 Å². The van der Waals surface area contributed by atoms with Crippen LogP contribution in [-0.2, 0) is 18.0 Å². The van der Waals surface area contributed by atoms with Crippen molar-refractivity contribution in [2.75, 3.05) is 0 Å². The summed E-state index contributed by atoms with van der Waals surface area (Å²) >= 11 is 0.